The van der Waals surface area contributed by atoms with Crippen molar-refractivity contribution in [2.24, 2.45) is 0 Å². The Balaban J connectivity index is 1.63. The van der Waals surface area contributed by atoms with Gasteiger partial charge in [0.2, 0.25) is 0 Å². The number of ether oxygens (including phenoxy) is 1. The molecular weight excluding hydrogens is 312 g/mol. The molecule has 1 N–H and O–H groups in total. The Morgan fingerprint density at radius 2 is 1.83 bits per heavy atom. The molecule has 128 valence electrons. The zero-order valence-electron chi connectivity index (χ0n) is 13.7. The van der Waals surface area contributed by atoms with Gasteiger partial charge in [-0.15, -0.1) is 0 Å². The van der Waals surface area contributed by atoms with E-state index in [0.717, 1.165) is 24.4 Å². The normalized spacial score (nSPS) is 27.9. The molecule has 2 aliphatic rings. The highest BCUT2D eigenvalue weighted by Gasteiger charge is 2.40. The second-order valence-corrected chi connectivity index (χ2v) is 8.73. The quantitative estimate of drug-likeness (QED) is 0.880. The van der Waals surface area contributed by atoms with Crippen LogP contribution in [-0.4, -0.2) is 57.1 Å². The summed E-state index contributed by atoms with van der Waals surface area (Å²) in [6.45, 7) is 2.75. The van der Waals surface area contributed by atoms with Crippen LogP contribution in [0.4, 0.5) is 0 Å². The van der Waals surface area contributed by atoms with Crippen LogP contribution < -0.4 is 10.1 Å². The van der Waals surface area contributed by atoms with Gasteiger partial charge in [0.05, 0.1) is 18.6 Å². The molecule has 0 aliphatic carbocycles. The van der Waals surface area contributed by atoms with Crippen molar-refractivity contribution in [3.63, 3.8) is 0 Å². The maximum absolute atomic E-state index is 12.1. The summed E-state index contributed by atoms with van der Waals surface area (Å²) in [5.74, 6) is 1.39. The number of nitrogens with zero attached hydrogens (tertiary/aromatic N) is 1. The lowest BCUT2D eigenvalue weighted by molar-refractivity contribution is 0.155. The molecule has 6 heteroatoms. The van der Waals surface area contributed by atoms with Crippen molar-refractivity contribution in [3.05, 3.63) is 29.8 Å². The lowest BCUT2D eigenvalue weighted by Gasteiger charge is -2.35. The van der Waals surface area contributed by atoms with Gasteiger partial charge in [0.25, 0.3) is 0 Å². The predicted molar refractivity (Wildman–Crippen MR) is 91.5 cm³/mol. The lowest BCUT2D eigenvalue weighted by Crippen LogP contribution is -2.50. The van der Waals surface area contributed by atoms with Gasteiger partial charge in [-0.25, -0.2) is 8.42 Å². The van der Waals surface area contributed by atoms with Crippen LogP contribution in [-0.2, 0) is 16.4 Å². The van der Waals surface area contributed by atoms with E-state index >= 15 is 0 Å². The molecule has 2 atom stereocenters. The van der Waals surface area contributed by atoms with Crippen LogP contribution in [0.1, 0.15) is 24.8 Å². The van der Waals surface area contributed by atoms with Crippen molar-refractivity contribution < 1.29 is 13.2 Å². The number of nitrogens with one attached hydrogen (secondary N) is 1. The molecule has 0 saturated carbocycles. The van der Waals surface area contributed by atoms with Gasteiger partial charge in [0.15, 0.2) is 9.84 Å². The fourth-order valence-corrected chi connectivity index (χ4v) is 5.61. The highest BCUT2D eigenvalue weighted by atomic mass is 32.2. The number of hydrogen-bond acceptors (Lipinski definition) is 5. The summed E-state index contributed by atoms with van der Waals surface area (Å²) < 4.78 is 29.4. The smallest absolute Gasteiger partial charge is 0.153 e. The number of methoxy groups -OCH3 is 1. The van der Waals surface area contributed by atoms with E-state index in [4.69, 9.17) is 4.74 Å². The van der Waals surface area contributed by atoms with Crippen LogP contribution in [0.5, 0.6) is 5.75 Å². The van der Waals surface area contributed by atoms with Crippen LogP contribution in [0.2, 0.25) is 0 Å². The van der Waals surface area contributed by atoms with E-state index in [1.54, 1.807) is 7.11 Å². The first kappa shape index (κ1) is 16.7. The van der Waals surface area contributed by atoms with E-state index in [1.807, 2.05) is 24.3 Å². The first-order valence-corrected chi connectivity index (χ1v) is 10.2. The number of piperidine rings is 1. The minimum absolute atomic E-state index is 0.0280. The molecule has 0 unspecified atom stereocenters. The molecule has 2 heterocycles. The minimum atomic E-state index is -2.93. The largest absolute Gasteiger partial charge is 0.497 e. The third kappa shape index (κ3) is 4.25. The predicted octanol–water partition coefficient (Wildman–Crippen LogP) is 1.44. The monoisotopic (exact) mass is 338 g/mol. The molecule has 2 saturated heterocycles. The molecule has 3 rings (SSSR count). The van der Waals surface area contributed by atoms with Crippen molar-refractivity contribution >= 4 is 9.84 Å². The van der Waals surface area contributed by atoms with Gasteiger partial charge in [-0.05, 0) is 43.6 Å². The Morgan fingerprint density at radius 3 is 2.48 bits per heavy atom. The molecule has 23 heavy (non-hydrogen) atoms. The van der Waals surface area contributed by atoms with Gasteiger partial charge in [0, 0.05) is 18.6 Å². The van der Waals surface area contributed by atoms with Crippen LogP contribution in [0.25, 0.3) is 0 Å². The second-order valence-electron chi connectivity index (χ2n) is 6.58. The van der Waals surface area contributed by atoms with Crippen molar-refractivity contribution in [1.29, 1.82) is 0 Å². The first-order chi connectivity index (χ1) is 11.1. The number of rotatable bonds is 5. The van der Waals surface area contributed by atoms with Crippen molar-refractivity contribution in [1.82, 2.24) is 10.2 Å². The third-order valence-electron chi connectivity index (χ3n) is 4.91. The summed E-state index contributed by atoms with van der Waals surface area (Å²) in [6, 6.07) is 8.06. The minimum Gasteiger partial charge on any atom is -0.497 e. The topological polar surface area (TPSA) is 58.6 Å². The lowest BCUT2D eigenvalue weighted by atomic mass is 10.0. The standard InChI is InChI=1S/C17H26N2O3S/c1-22-15-7-5-14(6-8-15)11-18-16-12-23(20,21)13-17(16)19-9-3-2-4-10-19/h5-8,16-18H,2-4,9-13H2,1H3/t16-,17-/m0/s1. The number of benzene rings is 1. The summed E-state index contributed by atoms with van der Waals surface area (Å²) in [4.78, 5) is 2.37. The molecule has 0 spiro atoms. The third-order valence-corrected chi connectivity index (χ3v) is 6.63. The highest BCUT2D eigenvalue weighted by Crippen LogP contribution is 2.23. The maximum Gasteiger partial charge on any atom is 0.153 e. The Hall–Kier alpha value is -1.11. The maximum atomic E-state index is 12.1. The van der Waals surface area contributed by atoms with Crippen LogP contribution in [0.15, 0.2) is 24.3 Å². The molecule has 0 radical (unpaired) electrons. The van der Waals surface area contributed by atoms with Gasteiger partial charge in [-0.2, -0.15) is 0 Å². The van der Waals surface area contributed by atoms with E-state index < -0.39 is 9.84 Å². The first-order valence-electron chi connectivity index (χ1n) is 8.38. The van der Waals surface area contributed by atoms with Crippen molar-refractivity contribution in [2.45, 2.75) is 37.9 Å². The number of sulfone groups is 1. The zero-order valence-corrected chi connectivity index (χ0v) is 14.5. The molecule has 1 aromatic carbocycles. The summed E-state index contributed by atoms with van der Waals surface area (Å²) in [6.07, 6.45) is 3.63. The molecule has 2 aliphatic heterocycles. The Bertz CT molecular complexity index is 609. The van der Waals surface area contributed by atoms with Crippen LogP contribution in [0, 0.1) is 0 Å². The van der Waals surface area contributed by atoms with Gasteiger partial charge in [0.1, 0.15) is 5.75 Å². The summed E-state index contributed by atoms with van der Waals surface area (Å²) in [5, 5.41) is 3.48. The fraction of sp³-hybridized carbons (Fsp3) is 0.647. The second kappa shape index (κ2) is 7.20. The van der Waals surface area contributed by atoms with E-state index in [-0.39, 0.29) is 17.8 Å². The molecule has 2 fully saturated rings. The molecule has 5 nitrogen and oxygen atoms in total. The molecule has 0 aromatic heterocycles. The van der Waals surface area contributed by atoms with E-state index in [9.17, 15) is 8.42 Å². The summed E-state index contributed by atoms with van der Waals surface area (Å²) in [7, 11) is -1.28. The van der Waals surface area contributed by atoms with Crippen molar-refractivity contribution in [3.8, 4) is 5.75 Å². The Labute approximate surface area is 138 Å². The summed E-state index contributed by atoms with van der Waals surface area (Å²) in [5.41, 5.74) is 1.15. The molecular formula is C17H26N2O3S. The van der Waals surface area contributed by atoms with Gasteiger partial charge < -0.3 is 10.1 Å². The molecule has 1 aromatic rings. The fourth-order valence-electron chi connectivity index (χ4n) is 3.63. The van der Waals surface area contributed by atoms with E-state index in [2.05, 4.69) is 10.2 Å². The van der Waals surface area contributed by atoms with Gasteiger partial charge in [-0.1, -0.05) is 18.6 Å². The Morgan fingerprint density at radius 1 is 1.13 bits per heavy atom. The van der Waals surface area contributed by atoms with Gasteiger partial charge >= 0.3 is 0 Å². The van der Waals surface area contributed by atoms with Crippen LogP contribution in [0.3, 0.4) is 0 Å². The van der Waals surface area contributed by atoms with Crippen LogP contribution >= 0.6 is 0 Å². The van der Waals surface area contributed by atoms with E-state index in [0.29, 0.717) is 12.3 Å². The van der Waals surface area contributed by atoms with E-state index in [1.165, 1.54) is 19.3 Å². The molecule has 0 amide bonds. The number of likely N-dealkylation sites (tertiary alicyclic amines) is 1. The average Bonchev–Trinajstić information content (AvgIpc) is 2.89. The highest BCUT2D eigenvalue weighted by molar-refractivity contribution is 7.91. The molecule has 0 bridgehead atoms. The SMILES string of the molecule is COc1ccc(CN[C@H]2CS(=O)(=O)C[C@@H]2N2CCCCC2)cc1. The zero-order chi connectivity index (χ0) is 16.3. The number of hydrogen-bond donors (Lipinski definition) is 1. The Kier molecular flexibility index (Phi) is 5.24. The average molecular weight is 338 g/mol. The van der Waals surface area contributed by atoms with Crippen molar-refractivity contribution in [2.75, 3.05) is 31.7 Å². The summed E-state index contributed by atoms with van der Waals surface area (Å²) >= 11 is 0. The van der Waals surface area contributed by atoms with Gasteiger partial charge in [-0.3, -0.25) is 4.90 Å².